The van der Waals surface area contributed by atoms with E-state index in [1.807, 2.05) is 0 Å². The Kier molecular flexibility index (Phi) is 7.72. The topological polar surface area (TPSA) is 134 Å². The van der Waals surface area contributed by atoms with Crippen LogP contribution in [0.2, 0.25) is 0 Å². The first-order chi connectivity index (χ1) is 21.3. The molecule has 0 aromatic heterocycles. The van der Waals surface area contributed by atoms with Gasteiger partial charge in [-0.05, 0) is 86.3 Å². The molecule has 44 heavy (non-hydrogen) atoms. The molecule has 2 aliphatic heterocycles. The Bertz CT molecular complexity index is 1670. The number of imide groups is 2. The van der Waals surface area contributed by atoms with Crippen LogP contribution in [0.1, 0.15) is 67.1 Å². The minimum absolute atomic E-state index is 0.0363. The number of unbranched alkanes of at least 4 members (excludes halogenated alkanes) is 3. The largest absolute Gasteiger partial charge is 0.508 e. The summed E-state index contributed by atoms with van der Waals surface area (Å²) in [4.78, 5) is 53.5. The van der Waals surface area contributed by atoms with Gasteiger partial charge < -0.3 is 19.7 Å². The molecule has 0 spiro atoms. The van der Waals surface area contributed by atoms with E-state index in [1.54, 1.807) is 60.7 Å². The van der Waals surface area contributed by atoms with Gasteiger partial charge in [0.15, 0.2) is 0 Å². The second-order valence-electron chi connectivity index (χ2n) is 10.5. The van der Waals surface area contributed by atoms with E-state index in [2.05, 4.69) is 0 Å². The first-order valence-electron chi connectivity index (χ1n) is 14.2. The standard InChI is InChI=1S/C34H28N2O8/c37-23-9-5-7-21(17-23)35-31(39)27-13-11-25(19-29(27)33(35)41)43-15-3-1-2-4-16-44-26-12-14-28-30(20-26)34(42)36(32(28)40)22-8-6-10-24(38)18-22/h5-14,17-20,37-38H,1-4,15-16H2. The number of phenolic OH excluding ortho intramolecular Hbond substituents is 2. The van der Waals surface area contributed by atoms with Crippen LogP contribution in [0.5, 0.6) is 23.0 Å². The summed E-state index contributed by atoms with van der Waals surface area (Å²) >= 11 is 0. The van der Waals surface area contributed by atoms with Gasteiger partial charge in [0.25, 0.3) is 23.6 Å². The molecule has 222 valence electrons. The lowest BCUT2D eigenvalue weighted by molar-refractivity contribution is 0.0910. The Morgan fingerprint density at radius 2 is 0.886 bits per heavy atom. The smallest absolute Gasteiger partial charge is 0.266 e. The Hall–Kier alpha value is -5.64. The predicted octanol–water partition coefficient (Wildman–Crippen LogP) is 5.72. The molecule has 2 N–H and O–H groups in total. The zero-order valence-corrected chi connectivity index (χ0v) is 23.6. The van der Waals surface area contributed by atoms with Gasteiger partial charge in [0.1, 0.15) is 23.0 Å². The molecule has 4 amide bonds. The molecular weight excluding hydrogens is 564 g/mol. The van der Waals surface area contributed by atoms with E-state index in [9.17, 15) is 29.4 Å². The Balaban J connectivity index is 0.939. The Labute approximate surface area is 252 Å². The van der Waals surface area contributed by atoms with Crippen molar-refractivity contribution in [3.63, 3.8) is 0 Å². The molecule has 0 bridgehead atoms. The monoisotopic (exact) mass is 592 g/mol. The lowest BCUT2D eigenvalue weighted by atomic mass is 10.1. The van der Waals surface area contributed by atoms with E-state index in [4.69, 9.17) is 9.47 Å². The van der Waals surface area contributed by atoms with Crippen LogP contribution >= 0.6 is 0 Å². The molecule has 0 saturated carbocycles. The number of carbonyl (C=O) groups excluding carboxylic acids is 4. The van der Waals surface area contributed by atoms with Crippen molar-refractivity contribution in [3.05, 3.63) is 107 Å². The lowest BCUT2D eigenvalue weighted by Crippen LogP contribution is -2.29. The Morgan fingerprint density at radius 3 is 1.30 bits per heavy atom. The fourth-order valence-corrected chi connectivity index (χ4v) is 5.29. The highest BCUT2D eigenvalue weighted by atomic mass is 16.5. The van der Waals surface area contributed by atoms with Gasteiger partial charge in [0.05, 0.1) is 46.8 Å². The molecule has 2 heterocycles. The van der Waals surface area contributed by atoms with Gasteiger partial charge in [-0.15, -0.1) is 0 Å². The molecule has 2 aliphatic rings. The van der Waals surface area contributed by atoms with E-state index in [1.165, 1.54) is 24.3 Å². The first kappa shape index (κ1) is 28.5. The number of amides is 4. The van der Waals surface area contributed by atoms with Crippen molar-refractivity contribution in [2.75, 3.05) is 23.0 Å². The molecule has 4 aromatic carbocycles. The second-order valence-corrected chi connectivity index (χ2v) is 10.5. The highest BCUT2D eigenvalue weighted by Gasteiger charge is 2.38. The summed E-state index contributed by atoms with van der Waals surface area (Å²) in [5.74, 6) is -0.893. The number of hydrogen-bond acceptors (Lipinski definition) is 8. The SMILES string of the molecule is O=C1c2ccc(OCCCCCCOc3ccc4c(c3)C(=O)N(c3cccc(O)c3)C4=O)cc2C(=O)N1c1cccc(O)c1. The number of hydrogen-bond donors (Lipinski definition) is 2. The molecule has 0 unspecified atom stereocenters. The van der Waals surface area contributed by atoms with Crippen molar-refractivity contribution < 1.29 is 38.9 Å². The third-order valence-corrected chi connectivity index (χ3v) is 7.47. The molecule has 0 radical (unpaired) electrons. The molecule has 0 aliphatic carbocycles. The summed E-state index contributed by atoms with van der Waals surface area (Å²) in [6, 6.07) is 21.6. The van der Waals surface area contributed by atoms with Gasteiger partial charge in [0, 0.05) is 12.1 Å². The van der Waals surface area contributed by atoms with E-state index in [-0.39, 0.29) is 22.6 Å². The molecule has 10 nitrogen and oxygen atoms in total. The third kappa shape index (κ3) is 5.45. The van der Waals surface area contributed by atoms with Crippen molar-refractivity contribution in [3.8, 4) is 23.0 Å². The van der Waals surface area contributed by atoms with Gasteiger partial charge >= 0.3 is 0 Å². The number of fused-ring (bicyclic) bond motifs is 2. The van der Waals surface area contributed by atoms with Crippen LogP contribution in [-0.2, 0) is 0 Å². The fraction of sp³-hybridized carbons (Fsp3) is 0.176. The third-order valence-electron chi connectivity index (χ3n) is 7.47. The summed E-state index contributed by atoms with van der Waals surface area (Å²) in [7, 11) is 0. The zero-order valence-electron chi connectivity index (χ0n) is 23.6. The summed E-state index contributed by atoms with van der Waals surface area (Å²) in [6.07, 6.45) is 3.32. The number of phenols is 2. The van der Waals surface area contributed by atoms with Crippen molar-refractivity contribution in [1.82, 2.24) is 0 Å². The average Bonchev–Trinajstić information content (AvgIpc) is 3.41. The molecule has 0 atom stereocenters. The van der Waals surface area contributed by atoms with E-state index in [0.717, 1.165) is 35.5 Å². The first-order valence-corrected chi connectivity index (χ1v) is 14.2. The molecule has 0 saturated heterocycles. The van der Waals surface area contributed by atoms with Crippen molar-refractivity contribution in [2.45, 2.75) is 25.7 Å². The quantitative estimate of drug-likeness (QED) is 0.167. The maximum absolute atomic E-state index is 12.9. The summed E-state index contributed by atoms with van der Waals surface area (Å²) in [5, 5.41) is 19.5. The van der Waals surface area contributed by atoms with Crippen LogP contribution in [0.15, 0.2) is 84.9 Å². The van der Waals surface area contributed by atoms with Crippen LogP contribution in [-0.4, -0.2) is 47.1 Å². The van der Waals surface area contributed by atoms with Gasteiger partial charge in [-0.25, -0.2) is 9.80 Å². The number of ether oxygens (including phenoxy) is 2. The van der Waals surface area contributed by atoms with Crippen molar-refractivity contribution in [2.24, 2.45) is 0 Å². The summed E-state index contributed by atoms with van der Waals surface area (Å²) in [6.45, 7) is 0.878. The van der Waals surface area contributed by atoms with Crippen LogP contribution in [0, 0.1) is 0 Å². The van der Waals surface area contributed by atoms with Gasteiger partial charge in [-0.2, -0.15) is 0 Å². The summed E-state index contributed by atoms with van der Waals surface area (Å²) < 4.78 is 11.7. The van der Waals surface area contributed by atoms with Crippen molar-refractivity contribution >= 4 is 35.0 Å². The maximum Gasteiger partial charge on any atom is 0.266 e. The number of benzene rings is 4. The highest BCUT2D eigenvalue weighted by Crippen LogP contribution is 2.33. The molecule has 4 aromatic rings. The fourth-order valence-electron chi connectivity index (χ4n) is 5.29. The van der Waals surface area contributed by atoms with Crippen molar-refractivity contribution in [1.29, 1.82) is 0 Å². The predicted molar refractivity (Wildman–Crippen MR) is 161 cm³/mol. The number of anilines is 2. The van der Waals surface area contributed by atoms with Gasteiger partial charge in [-0.1, -0.05) is 12.1 Å². The van der Waals surface area contributed by atoms with Crippen LogP contribution in [0.4, 0.5) is 11.4 Å². The van der Waals surface area contributed by atoms with Crippen LogP contribution < -0.4 is 19.3 Å². The van der Waals surface area contributed by atoms with Gasteiger partial charge in [0.2, 0.25) is 0 Å². The molecule has 0 fully saturated rings. The highest BCUT2D eigenvalue weighted by molar-refractivity contribution is 6.35. The number of carbonyl (C=O) groups is 4. The number of aromatic hydroxyl groups is 2. The van der Waals surface area contributed by atoms with Crippen LogP contribution in [0.3, 0.4) is 0 Å². The zero-order chi connectivity index (χ0) is 30.8. The van der Waals surface area contributed by atoms with Crippen LogP contribution in [0.25, 0.3) is 0 Å². The minimum atomic E-state index is -0.464. The molecule has 6 rings (SSSR count). The molecule has 10 heteroatoms. The Morgan fingerprint density at radius 1 is 0.477 bits per heavy atom. The second kappa shape index (κ2) is 11.9. The normalized spacial score (nSPS) is 13.8. The maximum atomic E-state index is 12.9. The van der Waals surface area contributed by atoms with E-state index >= 15 is 0 Å². The van der Waals surface area contributed by atoms with Gasteiger partial charge in [-0.3, -0.25) is 19.2 Å². The number of rotatable bonds is 11. The number of nitrogens with zero attached hydrogens (tertiary/aromatic N) is 2. The average molecular weight is 593 g/mol. The minimum Gasteiger partial charge on any atom is -0.508 e. The summed E-state index contributed by atoms with van der Waals surface area (Å²) in [5.41, 5.74) is 1.71. The molecular formula is C34H28N2O8. The van der Waals surface area contributed by atoms with E-state index in [0.29, 0.717) is 47.2 Å². The lowest BCUT2D eigenvalue weighted by Gasteiger charge is -2.13. The van der Waals surface area contributed by atoms with E-state index < -0.39 is 23.6 Å².